The van der Waals surface area contributed by atoms with E-state index >= 15 is 0 Å². The van der Waals surface area contributed by atoms with Crippen LogP contribution in [0.3, 0.4) is 0 Å². The largest absolute Gasteiger partial charge is 0.391 e. The molecule has 138 valence electrons. The fraction of sp³-hybridized carbons (Fsp3) is 0.421. The first-order chi connectivity index (χ1) is 12.5. The summed E-state index contributed by atoms with van der Waals surface area (Å²) >= 11 is 0. The van der Waals surface area contributed by atoms with E-state index in [1.165, 1.54) is 22.4 Å². The number of carbonyl (C=O) groups excluding carboxylic acids is 1. The number of nitrogens with zero attached hydrogens (tertiary/aromatic N) is 2. The Bertz CT molecular complexity index is 859. The van der Waals surface area contributed by atoms with Crippen LogP contribution >= 0.6 is 0 Å². The zero-order valence-electron chi connectivity index (χ0n) is 14.5. The molecule has 0 spiro atoms. The summed E-state index contributed by atoms with van der Waals surface area (Å²) in [5, 5.41) is 10.4. The molecule has 0 saturated carbocycles. The molecule has 1 amide bonds. The van der Waals surface area contributed by atoms with Crippen molar-refractivity contribution in [3.63, 3.8) is 0 Å². The van der Waals surface area contributed by atoms with Crippen molar-refractivity contribution in [2.45, 2.75) is 31.9 Å². The van der Waals surface area contributed by atoms with Gasteiger partial charge in [-0.2, -0.15) is 0 Å². The number of likely N-dealkylation sites (tertiary alicyclic amines) is 1. The normalized spacial score (nSPS) is 20.1. The lowest BCUT2D eigenvalue weighted by Gasteiger charge is -2.36. The van der Waals surface area contributed by atoms with Crippen LogP contribution in [0.4, 0.5) is 0 Å². The smallest absolute Gasteiger partial charge is 0.328 e. The lowest BCUT2D eigenvalue weighted by molar-refractivity contribution is -0.135. The van der Waals surface area contributed by atoms with Gasteiger partial charge in [-0.25, -0.2) is 4.79 Å². The lowest BCUT2D eigenvalue weighted by Crippen LogP contribution is -2.47. The Morgan fingerprint density at radius 2 is 1.96 bits per heavy atom. The quantitative estimate of drug-likeness (QED) is 0.809. The molecule has 7 heteroatoms. The van der Waals surface area contributed by atoms with Crippen molar-refractivity contribution in [3.05, 3.63) is 69.0 Å². The second-order valence-corrected chi connectivity index (χ2v) is 6.70. The number of amides is 1. The molecular formula is C19H23N3O4. The highest BCUT2D eigenvalue weighted by Crippen LogP contribution is 2.22. The van der Waals surface area contributed by atoms with Crippen LogP contribution in [0, 0.1) is 5.92 Å². The number of aromatic nitrogens is 2. The van der Waals surface area contributed by atoms with Gasteiger partial charge in [-0.3, -0.25) is 14.6 Å². The van der Waals surface area contributed by atoms with Gasteiger partial charge in [0.2, 0.25) is 5.91 Å². The Morgan fingerprint density at radius 1 is 1.19 bits per heavy atom. The highest BCUT2D eigenvalue weighted by atomic mass is 16.3. The second kappa shape index (κ2) is 8.14. The van der Waals surface area contributed by atoms with E-state index in [4.69, 9.17) is 0 Å². The van der Waals surface area contributed by atoms with Gasteiger partial charge >= 0.3 is 5.69 Å². The number of β-amino-alcohol motifs (C(OH)–C–C–N with tert-alkyl or cyclic N) is 1. The molecule has 1 aromatic heterocycles. The van der Waals surface area contributed by atoms with Gasteiger partial charge in [0.05, 0.1) is 6.10 Å². The van der Waals surface area contributed by atoms with Gasteiger partial charge in [0.1, 0.15) is 0 Å². The van der Waals surface area contributed by atoms with Gasteiger partial charge in [0.25, 0.3) is 5.56 Å². The Labute approximate surface area is 150 Å². The van der Waals surface area contributed by atoms with Gasteiger partial charge in [-0.05, 0) is 24.3 Å². The molecule has 2 aromatic rings. The third-order valence-corrected chi connectivity index (χ3v) is 4.88. The van der Waals surface area contributed by atoms with Crippen LogP contribution in [-0.4, -0.2) is 44.7 Å². The van der Waals surface area contributed by atoms with Crippen molar-refractivity contribution in [1.29, 1.82) is 0 Å². The molecule has 1 saturated heterocycles. The van der Waals surface area contributed by atoms with Crippen molar-refractivity contribution in [3.8, 4) is 0 Å². The summed E-state index contributed by atoms with van der Waals surface area (Å²) in [5.41, 5.74) is 0.210. The molecule has 0 unspecified atom stereocenters. The second-order valence-electron chi connectivity index (χ2n) is 6.70. The van der Waals surface area contributed by atoms with Crippen LogP contribution in [0.1, 0.15) is 18.4 Å². The topological polar surface area (TPSA) is 95.4 Å². The number of aliphatic hydroxyl groups is 1. The maximum Gasteiger partial charge on any atom is 0.328 e. The Kier molecular flexibility index (Phi) is 5.68. The van der Waals surface area contributed by atoms with Crippen molar-refractivity contribution in [1.82, 2.24) is 14.5 Å². The molecular weight excluding hydrogens is 334 g/mol. The maximum atomic E-state index is 12.4. The summed E-state index contributed by atoms with van der Waals surface area (Å²) in [7, 11) is 0. The number of piperidine rings is 1. The number of carbonyl (C=O) groups is 1. The summed E-state index contributed by atoms with van der Waals surface area (Å²) in [5.74, 6) is 0.0450. The van der Waals surface area contributed by atoms with Crippen LogP contribution in [-0.2, 0) is 17.8 Å². The molecule has 26 heavy (non-hydrogen) atoms. The lowest BCUT2D eigenvalue weighted by atomic mass is 9.88. The predicted octanol–water partition coefficient (Wildman–Crippen LogP) is 0.379. The number of nitrogens with one attached hydrogen (secondary N) is 1. The van der Waals surface area contributed by atoms with Crippen LogP contribution in [0.25, 0.3) is 0 Å². The van der Waals surface area contributed by atoms with Crippen LogP contribution < -0.4 is 11.2 Å². The van der Waals surface area contributed by atoms with E-state index < -0.39 is 17.4 Å². The number of hydrogen-bond donors (Lipinski definition) is 2. The average molecular weight is 357 g/mol. The van der Waals surface area contributed by atoms with Gasteiger partial charge in [0, 0.05) is 38.3 Å². The van der Waals surface area contributed by atoms with Crippen molar-refractivity contribution in [2.24, 2.45) is 5.92 Å². The summed E-state index contributed by atoms with van der Waals surface area (Å²) in [4.78, 5) is 38.9. The molecule has 1 aromatic carbocycles. The van der Waals surface area contributed by atoms with Gasteiger partial charge < -0.3 is 14.6 Å². The Balaban J connectivity index is 1.52. The molecule has 0 aliphatic carbocycles. The molecule has 0 bridgehead atoms. The maximum absolute atomic E-state index is 12.4. The summed E-state index contributed by atoms with van der Waals surface area (Å²) in [6.07, 6.45) is 2.54. The number of H-pyrrole nitrogens is 1. The first-order valence-corrected chi connectivity index (χ1v) is 8.82. The van der Waals surface area contributed by atoms with E-state index in [1.807, 2.05) is 30.3 Å². The zero-order chi connectivity index (χ0) is 18.5. The van der Waals surface area contributed by atoms with E-state index in [-0.39, 0.29) is 24.8 Å². The SMILES string of the molecule is O=C(CCn1ccc(=O)[nH]c1=O)N1CC[C@H](Cc2ccccc2)[C@H](O)C1. The molecule has 2 atom stereocenters. The van der Waals surface area contributed by atoms with Gasteiger partial charge in [-0.1, -0.05) is 30.3 Å². The van der Waals surface area contributed by atoms with E-state index in [2.05, 4.69) is 4.98 Å². The molecule has 2 N–H and O–H groups in total. The average Bonchev–Trinajstić information content (AvgIpc) is 2.63. The van der Waals surface area contributed by atoms with E-state index in [9.17, 15) is 19.5 Å². The molecule has 3 rings (SSSR count). The number of rotatable bonds is 5. The van der Waals surface area contributed by atoms with E-state index in [0.29, 0.717) is 13.1 Å². The van der Waals surface area contributed by atoms with E-state index in [0.717, 1.165) is 12.8 Å². The number of aryl methyl sites for hydroxylation is 1. The van der Waals surface area contributed by atoms with Crippen LogP contribution in [0.2, 0.25) is 0 Å². The van der Waals surface area contributed by atoms with Crippen molar-refractivity contribution < 1.29 is 9.90 Å². The van der Waals surface area contributed by atoms with E-state index in [1.54, 1.807) is 4.90 Å². The number of benzene rings is 1. The van der Waals surface area contributed by atoms with Gasteiger partial charge in [0.15, 0.2) is 0 Å². The molecule has 1 aliphatic rings. The minimum Gasteiger partial charge on any atom is -0.391 e. The first kappa shape index (κ1) is 18.1. The summed E-state index contributed by atoms with van der Waals surface area (Å²) < 4.78 is 1.30. The number of aliphatic hydroxyl groups excluding tert-OH is 1. The Morgan fingerprint density at radius 3 is 2.65 bits per heavy atom. The third kappa shape index (κ3) is 4.49. The van der Waals surface area contributed by atoms with Crippen LogP contribution in [0.15, 0.2) is 52.2 Å². The molecule has 1 aliphatic heterocycles. The first-order valence-electron chi connectivity index (χ1n) is 8.82. The minimum absolute atomic E-state index is 0.0969. The highest BCUT2D eigenvalue weighted by molar-refractivity contribution is 5.76. The van der Waals surface area contributed by atoms with Crippen molar-refractivity contribution in [2.75, 3.05) is 13.1 Å². The zero-order valence-corrected chi connectivity index (χ0v) is 14.5. The third-order valence-electron chi connectivity index (χ3n) is 4.88. The fourth-order valence-corrected chi connectivity index (χ4v) is 3.36. The summed E-state index contributed by atoms with van der Waals surface area (Å²) in [6.45, 7) is 1.12. The molecule has 1 fully saturated rings. The van der Waals surface area contributed by atoms with Gasteiger partial charge in [-0.15, -0.1) is 0 Å². The summed E-state index contributed by atoms with van der Waals surface area (Å²) in [6, 6.07) is 11.3. The Hall–Kier alpha value is -2.67. The van der Waals surface area contributed by atoms with Crippen LogP contribution in [0.5, 0.6) is 0 Å². The highest BCUT2D eigenvalue weighted by Gasteiger charge is 2.29. The standard InChI is InChI=1S/C19H23N3O4/c23-16-13-22(9-6-15(16)12-14-4-2-1-3-5-14)18(25)8-11-21-10-7-17(24)20-19(21)26/h1-5,7,10,15-16,23H,6,8-9,11-13H2,(H,20,24,26)/t15-,16-/m1/s1. The molecule has 0 radical (unpaired) electrons. The minimum atomic E-state index is -0.552. The number of hydrogen-bond acceptors (Lipinski definition) is 4. The molecule has 7 nitrogen and oxygen atoms in total. The number of aromatic amines is 1. The molecule has 2 heterocycles. The monoisotopic (exact) mass is 357 g/mol. The van der Waals surface area contributed by atoms with Crippen molar-refractivity contribution >= 4 is 5.91 Å². The fourth-order valence-electron chi connectivity index (χ4n) is 3.36. The predicted molar refractivity (Wildman–Crippen MR) is 96.8 cm³/mol.